The highest BCUT2D eigenvalue weighted by Crippen LogP contribution is 2.35. The second-order valence-corrected chi connectivity index (χ2v) is 4.93. The molecule has 1 aromatic carbocycles. The molecule has 0 aliphatic carbocycles. The smallest absolute Gasteiger partial charge is 0.0502 e. The first-order valence-electron chi connectivity index (χ1n) is 3.91. The fourth-order valence-corrected chi connectivity index (χ4v) is 3.01. The quantitative estimate of drug-likeness (QED) is 0.690. The van der Waals surface area contributed by atoms with E-state index in [0.717, 1.165) is 6.54 Å². The molecule has 2 rings (SSSR count). The zero-order valence-corrected chi connectivity index (χ0v) is 9.28. The summed E-state index contributed by atoms with van der Waals surface area (Å²) in [5, 5.41) is 0. The van der Waals surface area contributed by atoms with E-state index in [2.05, 4.69) is 46.1 Å². The first-order chi connectivity index (χ1) is 5.77. The number of halogens is 1. The Labute approximate surface area is 85.3 Å². The van der Waals surface area contributed by atoms with Crippen molar-refractivity contribution in [2.45, 2.75) is 4.90 Å². The van der Waals surface area contributed by atoms with Crippen LogP contribution in [0.5, 0.6) is 0 Å². The Hall–Kier alpha value is -0.150. The van der Waals surface area contributed by atoms with Gasteiger partial charge in [0.15, 0.2) is 0 Å². The molecule has 1 aromatic rings. The monoisotopic (exact) mass is 243 g/mol. The molecule has 0 N–H and O–H groups in total. The molecule has 0 aromatic heterocycles. The third-order valence-corrected chi connectivity index (χ3v) is 3.54. The SMILES string of the molecule is CN1CCSc2cc(Br)ccc21. The third-order valence-electron chi connectivity index (χ3n) is 2.02. The van der Waals surface area contributed by atoms with Crippen LogP contribution in [0.1, 0.15) is 0 Å². The Bertz CT molecular complexity index is 301. The molecule has 1 aliphatic heterocycles. The second-order valence-electron chi connectivity index (χ2n) is 2.88. The van der Waals surface area contributed by atoms with Gasteiger partial charge < -0.3 is 4.90 Å². The van der Waals surface area contributed by atoms with Crippen LogP contribution in [0, 0.1) is 0 Å². The first kappa shape index (κ1) is 8.45. The van der Waals surface area contributed by atoms with Crippen LogP contribution >= 0.6 is 27.7 Å². The average molecular weight is 244 g/mol. The minimum absolute atomic E-state index is 1.15. The molecule has 0 amide bonds. The molecular weight excluding hydrogens is 234 g/mol. The van der Waals surface area contributed by atoms with E-state index in [1.54, 1.807) is 0 Å². The summed E-state index contributed by atoms with van der Waals surface area (Å²) < 4.78 is 1.17. The molecule has 0 bridgehead atoms. The number of nitrogens with zero attached hydrogens (tertiary/aromatic N) is 1. The van der Waals surface area contributed by atoms with Crippen LogP contribution in [0.4, 0.5) is 5.69 Å². The van der Waals surface area contributed by atoms with Crippen LogP contribution in [-0.2, 0) is 0 Å². The van der Waals surface area contributed by atoms with Gasteiger partial charge in [-0.1, -0.05) is 15.9 Å². The topological polar surface area (TPSA) is 3.24 Å². The van der Waals surface area contributed by atoms with Crippen LogP contribution in [0.25, 0.3) is 0 Å². The molecule has 12 heavy (non-hydrogen) atoms. The fourth-order valence-electron chi connectivity index (χ4n) is 1.33. The van der Waals surface area contributed by atoms with E-state index in [1.165, 1.54) is 20.8 Å². The Morgan fingerprint density at radius 2 is 2.33 bits per heavy atom. The lowest BCUT2D eigenvalue weighted by Crippen LogP contribution is -2.23. The summed E-state index contributed by atoms with van der Waals surface area (Å²) in [5.74, 6) is 1.19. The van der Waals surface area contributed by atoms with Gasteiger partial charge in [-0.2, -0.15) is 0 Å². The van der Waals surface area contributed by atoms with E-state index in [1.807, 2.05) is 11.8 Å². The molecule has 0 saturated carbocycles. The van der Waals surface area contributed by atoms with Gasteiger partial charge in [-0.15, -0.1) is 11.8 Å². The lowest BCUT2D eigenvalue weighted by atomic mass is 10.3. The van der Waals surface area contributed by atoms with Gasteiger partial charge >= 0.3 is 0 Å². The normalized spacial score (nSPS) is 16.0. The Balaban J connectivity index is 2.46. The highest BCUT2D eigenvalue weighted by molar-refractivity contribution is 9.10. The van der Waals surface area contributed by atoms with Gasteiger partial charge in [0, 0.05) is 28.7 Å². The number of thioether (sulfide) groups is 1. The summed E-state index contributed by atoms with van der Waals surface area (Å²) in [4.78, 5) is 3.69. The summed E-state index contributed by atoms with van der Waals surface area (Å²) >= 11 is 5.41. The minimum Gasteiger partial charge on any atom is -0.373 e. The lowest BCUT2D eigenvalue weighted by molar-refractivity contribution is 0.943. The number of hydrogen-bond acceptors (Lipinski definition) is 2. The molecule has 0 fully saturated rings. The molecule has 0 spiro atoms. The Morgan fingerprint density at radius 3 is 3.17 bits per heavy atom. The van der Waals surface area contributed by atoms with E-state index < -0.39 is 0 Å². The van der Waals surface area contributed by atoms with Crippen LogP contribution < -0.4 is 4.90 Å². The molecule has 1 nitrogen and oxygen atoms in total. The number of hydrogen-bond donors (Lipinski definition) is 0. The maximum atomic E-state index is 3.48. The maximum Gasteiger partial charge on any atom is 0.0502 e. The molecule has 0 unspecified atom stereocenters. The molecule has 1 heterocycles. The summed E-state index contributed by atoms with van der Waals surface area (Å²) in [6.45, 7) is 1.15. The largest absolute Gasteiger partial charge is 0.373 e. The van der Waals surface area contributed by atoms with E-state index in [4.69, 9.17) is 0 Å². The number of benzene rings is 1. The van der Waals surface area contributed by atoms with Crippen molar-refractivity contribution in [2.24, 2.45) is 0 Å². The van der Waals surface area contributed by atoms with E-state index >= 15 is 0 Å². The summed E-state index contributed by atoms with van der Waals surface area (Å²) in [7, 11) is 2.15. The van der Waals surface area contributed by atoms with Gasteiger partial charge in [0.05, 0.1) is 5.69 Å². The van der Waals surface area contributed by atoms with Gasteiger partial charge in [-0.3, -0.25) is 0 Å². The number of anilines is 1. The van der Waals surface area contributed by atoms with E-state index in [9.17, 15) is 0 Å². The van der Waals surface area contributed by atoms with Crippen molar-refractivity contribution in [1.29, 1.82) is 0 Å². The molecule has 0 saturated heterocycles. The predicted octanol–water partition coefficient (Wildman–Crippen LogP) is 2.99. The Kier molecular flexibility index (Phi) is 2.33. The average Bonchev–Trinajstić information content (AvgIpc) is 2.04. The summed E-state index contributed by atoms with van der Waals surface area (Å²) in [6.07, 6.45) is 0. The first-order valence-corrected chi connectivity index (χ1v) is 5.69. The zero-order chi connectivity index (χ0) is 8.55. The number of fused-ring (bicyclic) bond motifs is 1. The third kappa shape index (κ3) is 1.48. The standard InChI is InChI=1S/C9H10BrNS/c1-11-4-5-12-9-6-7(10)2-3-8(9)11/h2-3,6H,4-5H2,1H3. The van der Waals surface area contributed by atoms with Crippen molar-refractivity contribution in [2.75, 3.05) is 24.2 Å². The molecule has 1 aliphatic rings. The highest BCUT2D eigenvalue weighted by Gasteiger charge is 2.13. The van der Waals surface area contributed by atoms with Crippen LogP contribution in [0.2, 0.25) is 0 Å². The van der Waals surface area contributed by atoms with Crippen molar-refractivity contribution >= 4 is 33.4 Å². The van der Waals surface area contributed by atoms with Crippen molar-refractivity contribution < 1.29 is 0 Å². The summed E-state index contributed by atoms with van der Waals surface area (Å²) in [5.41, 5.74) is 1.36. The van der Waals surface area contributed by atoms with Crippen LogP contribution in [0.15, 0.2) is 27.6 Å². The zero-order valence-electron chi connectivity index (χ0n) is 6.88. The lowest BCUT2D eigenvalue weighted by Gasteiger charge is -2.26. The Morgan fingerprint density at radius 1 is 1.50 bits per heavy atom. The van der Waals surface area contributed by atoms with Crippen molar-refractivity contribution in [3.8, 4) is 0 Å². The van der Waals surface area contributed by atoms with E-state index in [-0.39, 0.29) is 0 Å². The molecule has 64 valence electrons. The van der Waals surface area contributed by atoms with Crippen LogP contribution in [-0.4, -0.2) is 19.3 Å². The van der Waals surface area contributed by atoms with Gasteiger partial charge in [0.1, 0.15) is 0 Å². The molecule has 0 radical (unpaired) electrons. The van der Waals surface area contributed by atoms with Crippen molar-refractivity contribution in [3.05, 3.63) is 22.7 Å². The van der Waals surface area contributed by atoms with Crippen molar-refractivity contribution in [1.82, 2.24) is 0 Å². The minimum atomic E-state index is 1.15. The molecule has 0 atom stereocenters. The fraction of sp³-hybridized carbons (Fsp3) is 0.333. The molecule has 3 heteroatoms. The maximum absolute atomic E-state index is 3.48. The van der Waals surface area contributed by atoms with Crippen molar-refractivity contribution in [3.63, 3.8) is 0 Å². The molecular formula is C9H10BrNS. The van der Waals surface area contributed by atoms with Gasteiger partial charge in [0.25, 0.3) is 0 Å². The van der Waals surface area contributed by atoms with Gasteiger partial charge in [-0.25, -0.2) is 0 Å². The summed E-state index contributed by atoms with van der Waals surface area (Å²) in [6, 6.07) is 6.46. The predicted molar refractivity (Wildman–Crippen MR) is 58.1 cm³/mol. The highest BCUT2D eigenvalue weighted by atomic mass is 79.9. The van der Waals surface area contributed by atoms with Gasteiger partial charge in [-0.05, 0) is 18.2 Å². The second kappa shape index (κ2) is 3.30. The van der Waals surface area contributed by atoms with E-state index in [0.29, 0.717) is 0 Å². The van der Waals surface area contributed by atoms with Gasteiger partial charge in [0.2, 0.25) is 0 Å². The number of rotatable bonds is 0. The van der Waals surface area contributed by atoms with Crippen LogP contribution in [0.3, 0.4) is 0 Å².